The number of anilines is 1. The van der Waals surface area contributed by atoms with Crippen molar-refractivity contribution in [1.29, 1.82) is 0 Å². The van der Waals surface area contributed by atoms with Crippen LogP contribution < -0.4 is 10.5 Å². The lowest BCUT2D eigenvalue weighted by atomic mass is 10.1. The molecule has 2 N–H and O–H groups in total. The minimum absolute atomic E-state index is 0.0280. The number of aryl methyl sites for hydroxylation is 1. The van der Waals surface area contributed by atoms with Gasteiger partial charge in [0.15, 0.2) is 11.6 Å². The highest BCUT2D eigenvalue weighted by Crippen LogP contribution is 2.33. The molecular formula is C11H11F2N3O. The van der Waals surface area contributed by atoms with Crippen LogP contribution in [0.1, 0.15) is 0 Å². The normalized spacial score (nSPS) is 10.6. The van der Waals surface area contributed by atoms with Crippen molar-refractivity contribution in [3.05, 3.63) is 29.8 Å². The van der Waals surface area contributed by atoms with Gasteiger partial charge in [-0.1, -0.05) is 0 Å². The Hall–Kier alpha value is -2.11. The Morgan fingerprint density at radius 1 is 1.35 bits per heavy atom. The maximum atomic E-state index is 13.7. The number of methoxy groups -OCH3 is 1. The number of nitrogens with zero attached hydrogens (tertiary/aromatic N) is 2. The van der Waals surface area contributed by atoms with Gasteiger partial charge in [0.1, 0.15) is 17.3 Å². The predicted octanol–water partition coefficient (Wildman–Crippen LogP) is 1.96. The smallest absolute Gasteiger partial charge is 0.172 e. The quantitative estimate of drug-likeness (QED) is 0.871. The number of hydrogen-bond acceptors (Lipinski definition) is 3. The van der Waals surface area contributed by atoms with E-state index in [0.717, 1.165) is 6.07 Å². The van der Waals surface area contributed by atoms with Crippen molar-refractivity contribution < 1.29 is 13.5 Å². The van der Waals surface area contributed by atoms with E-state index in [1.165, 1.54) is 23.9 Å². The molecule has 0 aliphatic carbocycles. The molecule has 0 atom stereocenters. The molecule has 1 aromatic carbocycles. The van der Waals surface area contributed by atoms with Crippen molar-refractivity contribution in [3.63, 3.8) is 0 Å². The average Bonchev–Trinajstić information content (AvgIpc) is 2.62. The zero-order chi connectivity index (χ0) is 12.6. The largest absolute Gasteiger partial charge is 0.496 e. The van der Waals surface area contributed by atoms with Crippen LogP contribution in [0.25, 0.3) is 11.3 Å². The summed E-state index contributed by atoms with van der Waals surface area (Å²) < 4.78 is 33.3. The summed E-state index contributed by atoms with van der Waals surface area (Å²) in [7, 11) is 2.99. The monoisotopic (exact) mass is 239 g/mol. The molecule has 0 saturated heterocycles. The molecule has 0 unspecified atom stereocenters. The molecular weight excluding hydrogens is 228 g/mol. The van der Waals surface area contributed by atoms with Crippen LogP contribution in [0.15, 0.2) is 18.2 Å². The molecule has 0 aliphatic heterocycles. The highest BCUT2D eigenvalue weighted by molar-refractivity contribution is 5.70. The van der Waals surface area contributed by atoms with E-state index in [2.05, 4.69) is 5.10 Å². The number of nitrogen functional groups attached to an aromatic ring is 1. The Morgan fingerprint density at radius 3 is 2.59 bits per heavy atom. The van der Waals surface area contributed by atoms with E-state index < -0.39 is 11.6 Å². The first-order chi connectivity index (χ1) is 8.04. The van der Waals surface area contributed by atoms with Gasteiger partial charge in [0.05, 0.1) is 12.7 Å². The first kappa shape index (κ1) is 11.4. The van der Waals surface area contributed by atoms with Crippen LogP contribution in [-0.4, -0.2) is 16.9 Å². The van der Waals surface area contributed by atoms with Crippen molar-refractivity contribution >= 4 is 5.82 Å². The van der Waals surface area contributed by atoms with E-state index in [9.17, 15) is 8.78 Å². The first-order valence-electron chi connectivity index (χ1n) is 4.86. The van der Waals surface area contributed by atoms with E-state index >= 15 is 0 Å². The summed E-state index contributed by atoms with van der Waals surface area (Å²) in [4.78, 5) is 0. The van der Waals surface area contributed by atoms with Crippen molar-refractivity contribution in [2.75, 3.05) is 12.8 Å². The molecule has 2 aromatic rings. The molecule has 1 heterocycles. The third-order valence-electron chi connectivity index (χ3n) is 2.45. The van der Waals surface area contributed by atoms with Crippen molar-refractivity contribution in [3.8, 4) is 17.0 Å². The van der Waals surface area contributed by atoms with Gasteiger partial charge < -0.3 is 10.5 Å². The molecule has 17 heavy (non-hydrogen) atoms. The summed E-state index contributed by atoms with van der Waals surface area (Å²) in [6, 6.07) is 3.81. The van der Waals surface area contributed by atoms with Crippen LogP contribution >= 0.6 is 0 Å². The summed E-state index contributed by atoms with van der Waals surface area (Å²) in [5, 5.41) is 4.00. The van der Waals surface area contributed by atoms with Crippen LogP contribution in [0.3, 0.4) is 0 Å². The summed E-state index contributed by atoms with van der Waals surface area (Å²) in [5.74, 6) is -1.39. The Kier molecular flexibility index (Phi) is 2.71. The third-order valence-corrected chi connectivity index (χ3v) is 2.45. The fraction of sp³-hybridized carbons (Fsp3) is 0.182. The Labute approximate surface area is 96.6 Å². The summed E-state index contributed by atoms with van der Waals surface area (Å²) in [5.41, 5.74) is 5.81. The minimum Gasteiger partial charge on any atom is -0.496 e. The van der Waals surface area contributed by atoms with Gasteiger partial charge in [-0.3, -0.25) is 4.68 Å². The summed E-state index contributed by atoms with van der Waals surface area (Å²) in [6.45, 7) is 0. The standard InChI is InChI=1S/C11H11F2N3O/c1-16-9(14)5-7(15-16)10-8(17-2)4-3-6(12)11(10)13/h3-5H,14H2,1-2H3. The second kappa shape index (κ2) is 4.04. The van der Waals surface area contributed by atoms with Gasteiger partial charge in [-0.2, -0.15) is 5.10 Å². The SMILES string of the molecule is COc1ccc(F)c(F)c1-c1cc(N)n(C)n1. The van der Waals surface area contributed by atoms with Crippen molar-refractivity contribution in [1.82, 2.24) is 9.78 Å². The number of ether oxygens (including phenoxy) is 1. The van der Waals surface area contributed by atoms with Gasteiger partial charge >= 0.3 is 0 Å². The second-order valence-electron chi connectivity index (χ2n) is 3.52. The minimum atomic E-state index is -0.998. The Bertz CT molecular complexity index is 547. The van der Waals surface area contributed by atoms with E-state index in [0.29, 0.717) is 5.82 Å². The lowest BCUT2D eigenvalue weighted by Gasteiger charge is -2.07. The molecule has 90 valence electrons. The Morgan fingerprint density at radius 2 is 2.06 bits per heavy atom. The fourth-order valence-corrected chi connectivity index (χ4v) is 1.55. The van der Waals surface area contributed by atoms with Gasteiger partial charge in [-0.25, -0.2) is 8.78 Å². The van der Waals surface area contributed by atoms with Gasteiger partial charge in [0, 0.05) is 13.1 Å². The molecule has 0 radical (unpaired) electrons. The van der Waals surface area contributed by atoms with Crippen molar-refractivity contribution in [2.24, 2.45) is 7.05 Å². The highest BCUT2D eigenvalue weighted by Gasteiger charge is 2.19. The number of halogens is 2. The highest BCUT2D eigenvalue weighted by atomic mass is 19.2. The number of benzene rings is 1. The van der Waals surface area contributed by atoms with E-state index in [1.54, 1.807) is 7.05 Å². The Balaban J connectivity index is 2.68. The molecule has 2 rings (SSSR count). The molecule has 1 aromatic heterocycles. The summed E-state index contributed by atoms with van der Waals surface area (Å²) >= 11 is 0. The van der Waals surface area contributed by atoms with E-state index in [4.69, 9.17) is 10.5 Å². The molecule has 0 bridgehead atoms. The van der Waals surface area contributed by atoms with Gasteiger partial charge in [0.25, 0.3) is 0 Å². The molecule has 4 nitrogen and oxygen atoms in total. The van der Waals surface area contributed by atoms with E-state index in [1.807, 2.05) is 0 Å². The zero-order valence-electron chi connectivity index (χ0n) is 9.37. The average molecular weight is 239 g/mol. The van der Waals surface area contributed by atoms with Crippen LogP contribution in [0.4, 0.5) is 14.6 Å². The number of aromatic nitrogens is 2. The lowest BCUT2D eigenvalue weighted by Crippen LogP contribution is -1.98. The van der Waals surface area contributed by atoms with Crippen LogP contribution in [0.2, 0.25) is 0 Å². The number of rotatable bonds is 2. The van der Waals surface area contributed by atoms with Gasteiger partial charge in [-0.15, -0.1) is 0 Å². The molecule has 0 amide bonds. The third kappa shape index (κ3) is 1.82. The van der Waals surface area contributed by atoms with Crippen LogP contribution in [-0.2, 0) is 7.05 Å². The molecule has 0 aliphatic rings. The fourth-order valence-electron chi connectivity index (χ4n) is 1.55. The first-order valence-corrected chi connectivity index (χ1v) is 4.86. The maximum absolute atomic E-state index is 13.7. The zero-order valence-corrected chi connectivity index (χ0v) is 9.37. The number of nitrogens with two attached hydrogens (primary N) is 1. The summed E-state index contributed by atoms with van der Waals surface area (Å²) in [6.07, 6.45) is 0. The molecule has 6 heteroatoms. The van der Waals surface area contributed by atoms with Crippen LogP contribution in [0.5, 0.6) is 5.75 Å². The van der Waals surface area contributed by atoms with Gasteiger partial charge in [0.2, 0.25) is 0 Å². The second-order valence-corrected chi connectivity index (χ2v) is 3.52. The van der Waals surface area contributed by atoms with Gasteiger partial charge in [-0.05, 0) is 12.1 Å². The van der Waals surface area contributed by atoms with Crippen molar-refractivity contribution in [2.45, 2.75) is 0 Å². The topological polar surface area (TPSA) is 53.1 Å². The number of hydrogen-bond donors (Lipinski definition) is 1. The molecule has 0 spiro atoms. The van der Waals surface area contributed by atoms with E-state index in [-0.39, 0.29) is 17.0 Å². The lowest BCUT2D eigenvalue weighted by molar-refractivity contribution is 0.408. The molecule has 0 saturated carbocycles. The molecule has 0 fully saturated rings. The van der Waals surface area contributed by atoms with Crippen LogP contribution in [0, 0.1) is 11.6 Å². The maximum Gasteiger partial charge on any atom is 0.172 e. The predicted molar refractivity (Wildman–Crippen MR) is 59.5 cm³/mol.